The molecule has 1 aliphatic heterocycles. The van der Waals surface area contributed by atoms with Gasteiger partial charge in [-0.2, -0.15) is 10.2 Å². The van der Waals surface area contributed by atoms with Crippen molar-refractivity contribution in [3.63, 3.8) is 0 Å². The number of nitrogens with two attached hydrogens (primary N) is 1. The maximum Gasteiger partial charge on any atom is 0.362 e. The van der Waals surface area contributed by atoms with E-state index in [4.69, 9.17) is 37.8 Å². The molecule has 1 unspecified atom stereocenters. The summed E-state index contributed by atoms with van der Waals surface area (Å²) in [5, 5.41) is 9.81. The molecule has 0 radical (unpaired) electrons. The van der Waals surface area contributed by atoms with Gasteiger partial charge in [0.15, 0.2) is 0 Å². The van der Waals surface area contributed by atoms with Crippen LogP contribution >= 0.6 is 23.2 Å². The highest BCUT2D eigenvalue weighted by atomic mass is 35.5. The molecule has 0 bridgehead atoms. The van der Waals surface area contributed by atoms with E-state index in [2.05, 4.69) is 4.98 Å². The Morgan fingerprint density at radius 3 is 2.48 bits per heavy atom. The third-order valence-electron chi connectivity index (χ3n) is 5.18. The summed E-state index contributed by atoms with van der Waals surface area (Å²) in [5.74, 6) is -2.67. The lowest BCUT2D eigenvalue weighted by molar-refractivity contribution is 0.454. The number of rotatable bonds is 2. The quantitative estimate of drug-likeness (QED) is 0.465. The summed E-state index contributed by atoms with van der Waals surface area (Å²) in [5.41, 5.74) is 4.31. The summed E-state index contributed by atoms with van der Waals surface area (Å²) >= 11 is 12.3. The molecule has 33 heavy (non-hydrogen) atoms. The van der Waals surface area contributed by atoms with Crippen molar-refractivity contribution in [2.45, 2.75) is 5.92 Å². The predicted molar refractivity (Wildman–Crippen MR) is 115 cm³/mol. The van der Waals surface area contributed by atoms with E-state index in [9.17, 15) is 18.8 Å². The highest BCUT2D eigenvalue weighted by molar-refractivity contribution is 6.32. The molecule has 1 aliphatic rings. The fourth-order valence-electron chi connectivity index (χ4n) is 3.80. The Bertz CT molecular complexity index is 1640. The first kappa shape index (κ1) is 21.0. The Hall–Kier alpha value is -3.87. The number of halogens is 4. The first-order valence-electron chi connectivity index (χ1n) is 9.34. The molecule has 2 N–H and O–H groups in total. The van der Waals surface area contributed by atoms with Gasteiger partial charge >= 0.3 is 5.63 Å². The molecule has 7 nitrogen and oxygen atoms in total. The maximum absolute atomic E-state index is 14.8. The minimum absolute atomic E-state index is 0.0209. The topological polar surface area (TPSA) is 111 Å². The number of oxazole rings is 2. The molecule has 2 aromatic heterocycles. The number of aromatic nitrogens is 2. The second-order valence-electron chi connectivity index (χ2n) is 7.03. The minimum atomic E-state index is -1.17. The van der Waals surface area contributed by atoms with Crippen LogP contribution < -0.4 is 22.3 Å². The van der Waals surface area contributed by atoms with E-state index in [1.165, 1.54) is 36.4 Å². The smallest absolute Gasteiger partial charge is 0.362 e. The number of nitrogen functional groups attached to an aromatic ring is 1. The van der Waals surface area contributed by atoms with Crippen molar-refractivity contribution >= 4 is 40.9 Å². The van der Waals surface area contributed by atoms with Gasteiger partial charge in [0, 0.05) is 16.1 Å². The molecule has 0 spiro atoms. The van der Waals surface area contributed by atoms with Crippen LogP contribution in [0.25, 0.3) is 17.5 Å². The van der Waals surface area contributed by atoms with Crippen LogP contribution in [-0.4, -0.2) is 9.55 Å². The number of nitrogens with zero attached hydrogens (tertiary/aromatic N) is 3. The van der Waals surface area contributed by atoms with Gasteiger partial charge in [-0.1, -0.05) is 35.3 Å². The molecule has 0 saturated carbocycles. The third-order valence-corrected chi connectivity index (χ3v) is 5.84. The second-order valence-corrected chi connectivity index (χ2v) is 7.85. The lowest BCUT2D eigenvalue weighted by Gasteiger charge is -2.20. The SMILES string of the molecule is N#CC1=c2oc(=O)/c(=C\c3c(F)cccc3Cl)n2-c2oc(N)nc2C1c1c(F)cccc1Cl. The lowest BCUT2D eigenvalue weighted by atomic mass is 9.87. The normalized spacial score (nSPS) is 15.3. The van der Waals surface area contributed by atoms with Crippen LogP contribution in [0.5, 0.6) is 0 Å². The summed E-state index contributed by atoms with van der Waals surface area (Å²) < 4.78 is 41.2. The highest BCUT2D eigenvalue weighted by Crippen LogP contribution is 2.41. The number of anilines is 1. The largest absolute Gasteiger partial charge is 0.406 e. The zero-order chi connectivity index (χ0) is 23.4. The number of hydrogen-bond acceptors (Lipinski definition) is 6. The molecule has 0 saturated heterocycles. The Balaban J connectivity index is 1.95. The molecule has 164 valence electrons. The van der Waals surface area contributed by atoms with Crippen molar-refractivity contribution in [3.05, 3.63) is 96.2 Å². The van der Waals surface area contributed by atoms with Crippen molar-refractivity contribution in [2.75, 3.05) is 5.73 Å². The molecule has 4 aromatic rings. The molecular weight excluding hydrogens is 477 g/mol. The molecule has 1 atom stereocenters. The van der Waals surface area contributed by atoms with Crippen molar-refractivity contribution in [1.82, 2.24) is 9.55 Å². The van der Waals surface area contributed by atoms with E-state index in [1.54, 1.807) is 0 Å². The van der Waals surface area contributed by atoms with Crippen LogP contribution in [0.4, 0.5) is 14.8 Å². The molecule has 0 fully saturated rings. The van der Waals surface area contributed by atoms with Crippen LogP contribution in [0, 0.1) is 23.0 Å². The molecule has 5 rings (SSSR count). The standard InChI is InChI=1S/C22H10Cl2F2N4O3/c23-11-3-1-5-13(25)9(11)7-15-21(31)32-19-10(8-27)16(17-12(24)4-2-6-14(17)26)18-20(30(15)19)33-22(28)29-18/h1-7,16H,(H2,28,29)/b15-7+. The van der Waals surface area contributed by atoms with Crippen LogP contribution in [0.3, 0.4) is 0 Å². The average Bonchev–Trinajstić information content (AvgIpc) is 3.29. The first-order valence-corrected chi connectivity index (χ1v) is 10.1. The fraction of sp³-hybridized carbons (Fsp3) is 0.0455. The maximum atomic E-state index is 14.8. The molecule has 3 heterocycles. The van der Waals surface area contributed by atoms with Gasteiger partial charge in [0.05, 0.1) is 10.9 Å². The number of nitriles is 1. The van der Waals surface area contributed by atoms with Gasteiger partial charge in [-0.15, -0.1) is 0 Å². The Labute approximate surface area is 193 Å². The second kappa shape index (κ2) is 7.62. The van der Waals surface area contributed by atoms with Crippen molar-refractivity contribution in [3.8, 4) is 12.0 Å². The number of benzene rings is 2. The zero-order valence-corrected chi connectivity index (χ0v) is 17.8. The van der Waals surface area contributed by atoms with Crippen molar-refractivity contribution in [2.24, 2.45) is 0 Å². The van der Waals surface area contributed by atoms with Crippen LogP contribution in [0.1, 0.15) is 22.7 Å². The molecule has 0 amide bonds. The van der Waals surface area contributed by atoms with Gasteiger partial charge in [-0.25, -0.2) is 18.1 Å². The predicted octanol–water partition coefficient (Wildman–Crippen LogP) is 3.23. The highest BCUT2D eigenvalue weighted by Gasteiger charge is 2.38. The van der Waals surface area contributed by atoms with E-state index < -0.39 is 23.2 Å². The van der Waals surface area contributed by atoms with Gasteiger partial charge in [0.25, 0.3) is 6.01 Å². The van der Waals surface area contributed by atoms with Crippen molar-refractivity contribution < 1.29 is 17.6 Å². The Morgan fingerprint density at radius 1 is 1.12 bits per heavy atom. The van der Waals surface area contributed by atoms with Crippen LogP contribution in [-0.2, 0) is 0 Å². The fourth-order valence-corrected chi connectivity index (χ4v) is 4.29. The minimum Gasteiger partial charge on any atom is -0.406 e. The zero-order valence-electron chi connectivity index (χ0n) is 16.3. The first-order chi connectivity index (χ1) is 15.8. The van der Waals surface area contributed by atoms with Crippen LogP contribution in [0.2, 0.25) is 10.0 Å². The van der Waals surface area contributed by atoms with Crippen molar-refractivity contribution in [1.29, 1.82) is 5.26 Å². The monoisotopic (exact) mass is 486 g/mol. The average molecular weight is 487 g/mol. The third kappa shape index (κ3) is 3.15. The van der Waals surface area contributed by atoms with E-state index in [1.807, 2.05) is 6.07 Å². The van der Waals surface area contributed by atoms with Gasteiger partial charge in [0.2, 0.25) is 11.4 Å². The van der Waals surface area contributed by atoms with Gasteiger partial charge in [-0.3, -0.25) is 0 Å². The summed E-state index contributed by atoms with van der Waals surface area (Å²) in [4.78, 5) is 16.9. The number of fused-ring (bicyclic) bond motifs is 3. The summed E-state index contributed by atoms with van der Waals surface area (Å²) in [6.07, 6.45) is 1.15. The van der Waals surface area contributed by atoms with Crippen LogP contribution in [0.15, 0.2) is 50.0 Å². The van der Waals surface area contributed by atoms with Gasteiger partial charge < -0.3 is 14.6 Å². The van der Waals surface area contributed by atoms with Gasteiger partial charge in [0.1, 0.15) is 34.3 Å². The van der Waals surface area contributed by atoms with E-state index in [0.717, 1.165) is 10.6 Å². The lowest BCUT2D eigenvalue weighted by Crippen LogP contribution is -2.35. The van der Waals surface area contributed by atoms with Gasteiger partial charge in [-0.05, 0) is 30.3 Å². The molecule has 2 aromatic carbocycles. The summed E-state index contributed by atoms with van der Waals surface area (Å²) in [7, 11) is 0. The Morgan fingerprint density at radius 2 is 1.82 bits per heavy atom. The van der Waals surface area contributed by atoms with E-state index in [0.29, 0.717) is 0 Å². The molecule has 0 aliphatic carbocycles. The molecule has 11 heteroatoms. The summed E-state index contributed by atoms with van der Waals surface area (Å²) in [6.45, 7) is 0. The number of hydrogen-bond donors (Lipinski definition) is 1. The summed E-state index contributed by atoms with van der Waals surface area (Å²) in [6, 6.07) is 9.67. The molecular formula is C22H10Cl2F2N4O3. The van der Waals surface area contributed by atoms with E-state index >= 15 is 0 Å². The Kier molecular flexibility index (Phi) is 4.85. The van der Waals surface area contributed by atoms with E-state index in [-0.39, 0.29) is 55.2 Å².